The van der Waals surface area contributed by atoms with Crippen LogP contribution in [0.1, 0.15) is 28.3 Å². The minimum absolute atomic E-state index is 0.244. The van der Waals surface area contributed by atoms with Crippen LogP contribution in [0.15, 0.2) is 12.1 Å². The van der Waals surface area contributed by atoms with E-state index in [1.807, 2.05) is 6.92 Å². The molecule has 102 valence electrons. The Morgan fingerprint density at radius 3 is 1.83 bits per heavy atom. The lowest BCUT2D eigenvalue weighted by Gasteiger charge is -2.29. The molecule has 0 saturated heterocycles. The van der Waals surface area contributed by atoms with Gasteiger partial charge in [-0.1, -0.05) is 17.7 Å². The maximum atomic E-state index is 13.5. The maximum absolute atomic E-state index is 13.5. The quantitative estimate of drug-likeness (QED) is 0.815. The van der Waals surface area contributed by atoms with E-state index in [2.05, 4.69) is 5.32 Å². The van der Waals surface area contributed by atoms with E-state index in [1.165, 1.54) is 7.05 Å². The molecule has 0 fully saturated rings. The summed E-state index contributed by atoms with van der Waals surface area (Å²) < 4.78 is 52.1. The number of benzene rings is 1. The number of rotatable bonds is 4. The van der Waals surface area contributed by atoms with E-state index in [0.717, 1.165) is 5.56 Å². The van der Waals surface area contributed by atoms with Crippen LogP contribution in [0.3, 0.4) is 0 Å². The molecule has 0 spiro atoms. The van der Waals surface area contributed by atoms with Gasteiger partial charge in [0.2, 0.25) is 0 Å². The molecule has 0 aliphatic carbocycles. The standard InChI is InChI=1S/C13H17F4N/c1-7-5-8(2)10(9(3)6-7)11(18-4)13(16,17)12(14)15/h5-6,11-12,18H,1-4H3. The molecule has 0 bridgehead atoms. The van der Waals surface area contributed by atoms with E-state index in [-0.39, 0.29) is 5.56 Å². The fourth-order valence-electron chi connectivity index (χ4n) is 2.30. The van der Waals surface area contributed by atoms with Gasteiger partial charge in [-0.3, -0.25) is 0 Å². The summed E-state index contributed by atoms with van der Waals surface area (Å²) in [5.41, 5.74) is 2.34. The summed E-state index contributed by atoms with van der Waals surface area (Å²) >= 11 is 0. The predicted octanol–water partition coefficient (Wildman–Crippen LogP) is 3.77. The van der Waals surface area contributed by atoms with Crippen LogP contribution in [0.2, 0.25) is 0 Å². The van der Waals surface area contributed by atoms with Gasteiger partial charge in [0, 0.05) is 0 Å². The average Bonchev–Trinajstić information content (AvgIpc) is 2.22. The maximum Gasteiger partial charge on any atom is 0.326 e. The van der Waals surface area contributed by atoms with Crippen LogP contribution >= 0.6 is 0 Å². The largest absolute Gasteiger partial charge is 0.326 e. The molecule has 0 heterocycles. The van der Waals surface area contributed by atoms with Gasteiger partial charge in [-0.25, -0.2) is 8.78 Å². The van der Waals surface area contributed by atoms with Crippen LogP contribution in [-0.4, -0.2) is 19.4 Å². The molecule has 5 heteroatoms. The van der Waals surface area contributed by atoms with Crippen molar-refractivity contribution >= 4 is 0 Å². The van der Waals surface area contributed by atoms with Crippen molar-refractivity contribution in [1.82, 2.24) is 5.32 Å². The molecule has 1 aromatic rings. The Morgan fingerprint density at radius 1 is 1.06 bits per heavy atom. The highest BCUT2D eigenvalue weighted by atomic mass is 19.3. The second-order valence-electron chi connectivity index (χ2n) is 4.51. The number of hydrogen-bond donors (Lipinski definition) is 1. The normalized spacial score (nSPS) is 14.1. The molecule has 0 saturated carbocycles. The molecule has 0 aliphatic heterocycles. The van der Waals surface area contributed by atoms with Crippen LogP contribution in [0, 0.1) is 20.8 Å². The fraction of sp³-hybridized carbons (Fsp3) is 0.538. The summed E-state index contributed by atoms with van der Waals surface area (Å²) in [5, 5.41) is 2.31. The van der Waals surface area contributed by atoms with Gasteiger partial charge in [0.15, 0.2) is 0 Å². The third-order valence-corrected chi connectivity index (χ3v) is 2.99. The highest BCUT2D eigenvalue weighted by molar-refractivity contribution is 5.40. The number of hydrogen-bond acceptors (Lipinski definition) is 1. The Kier molecular flexibility index (Phi) is 4.37. The SMILES string of the molecule is CNC(c1c(C)cc(C)cc1C)C(F)(F)C(F)F. The zero-order valence-corrected chi connectivity index (χ0v) is 10.8. The van der Waals surface area contributed by atoms with Gasteiger partial charge < -0.3 is 5.32 Å². The Hall–Kier alpha value is -1.10. The molecule has 1 N–H and O–H groups in total. The molecule has 18 heavy (non-hydrogen) atoms. The molecule has 0 radical (unpaired) electrons. The molecule has 1 atom stereocenters. The van der Waals surface area contributed by atoms with Gasteiger partial charge in [-0.2, -0.15) is 8.78 Å². The van der Waals surface area contributed by atoms with Gasteiger partial charge in [-0.15, -0.1) is 0 Å². The lowest BCUT2D eigenvalue weighted by molar-refractivity contribution is -0.150. The van der Waals surface area contributed by atoms with Crippen LogP contribution < -0.4 is 5.32 Å². The third kappa shape index (κ3) is 2.66. The van der Waals surface area contributed by atoms with Gasteiger partial charge >= 0.3 is 12.3 Å². The van der Waals surface area contributed by atoms with Crippen molar-refractivity contribution < 1.29 is 17.6 Å². The van der Waals surface area contributed by atoms with Crippen molar-refractivity contribution in [3.05, 3.63) is 34.4 Å². The Bertz CT molecular complexity index is 406. The molecule has 1 unspecified atom stereocenters. The van der Waals surface area contributed by atoms with Gasteiger partial charge in [0.05, 0.1) is 0 Å². The summed E-state index contributed by atoms with van der Waals surface area (Å²) in [5.74, 6) is -4.10. The molecule has 1 nitrogen and oxygen atoms in total. The second-order valence-corrected chi connectivity index (χ2v) is 4.51. The van der Waals surface area contributed by atoms with Crippen LogP contribution in [0.25, 0.3) is 0 Å². The van der Waals surface area contributed by atoms with Gasteiger partial charge in [0.25, 0.3) is 0 Å². The first kappa shape index (κ1) is 15.0. The van der Waals surface area contributed by atoms with Crippen molar-refractivity contribution in [2.24, 2.45) is 0 Å². The summed E-state index contributed by atoms with van der Waals surface area (Å²) in [4.78, 5) is 0. The summed E-state index contributed by atoms with van der Waals surface area (Å²) in [6.07, 6.45) is -3.70. The molecule has 1 aromatic carbocycles. The van der Waals surface area contributed by atoms with E-state index < -0.39 is 18.4 Å². The number of aryl methyl sites for hydroxylation is 3. The molecule has 0 aromatic heterocycles. The Labute approximate surface area is 104 Å². The minimum Gasteiger partial charge on any atom is -0.308 e. The first-order valence-corrected chi connectivity index (χ1v) is 5.62. The summed E-state index contributed by atoms with van der Waals surface area (Å²) in [7, 11) is 1.26. The van der Waals surface area contributed by atoms with Crippen LogP contribution in [0.4, 0.5) is 17.6 Å². The van der Waals surface area contributed by atoms with E-state index in [9.17, 15) is 17.6 Å². The monoisotopic (exact) mass is 263 g/mol. The van der Waals surface area contributed by atoms with Crippen LogP contribution in [-0.2, 0) is 0 Å². The highest BCUT2D eigenvalue weighted by Crippen LogP contribution is 2.39. The lowest BCUT2D eigenvalue weighted by atomic mass is 9.91. The van der Waals surface area contributed by atoms with Crippen molar-refractivity contribution in [3.63, 3.8) is 0 Å². The first-order valence-electron chi connectivity index (χ1n) is 5.62. The Morgan fingerprint density at radius 2 is 1.50 bits per heavy atom. The topological polar surface area (TPSA) is 12.0 Å². The molecular weight excluding hydrogens is 246 g/mol. The van der Waals surface area contributed by atoms with E-state index in [0.29, 0.717) is 11.1 Å². The Balaban J connectivity index is 3.34. The number of nitrogens with one attached hydrogen (secondary N) is 1. The summed E-state index contributed by atoms with van der Waals surface area (Å²) in [6.45, 7) is 5.14. The molecular formula is C13H17F4N. The van der Waals surface area contributed by atoms with Gasteiger partial charge in [-0.05, 0) is 44.5 Å². The predicted molar refractivity (Wildman–Crippen MR) is 63.4 cm³/mol. The zero-order valence-electron chi connectivity index (χ0n) is 10.8. The zero-order chi connectivity index (χ0) is 14.1. The third-order valence-electron chi connectivity index (χ3n) is 2.99. The molecule has 0 amide bonds. The van der Waals surface area contributed by atoms with Crippen molar-refractivity contribution in [2.45, 2.75) is 39.2 Å². The van der Waals surface area contributed by atoms with Crippen molar-refractivity contribution in [3.8, 4) is 0 Å². The van der Waals surface area contributed by atoms with Crippen LogP contribution in [0.5, 0.6) is 0 Å². The molecule has 1 rings (SSSR count). The van der Waals surface area contributed by atoms with Gasteiger partial charge in [0.1, 0.15) is 6.04 Å². The summed E-state index contributed by atoms with van der Waals surface area (Å²) in [6, 6.07) is 1.75. The van der Waals surface area contributed by atoms with Crippen molar-refractivity contribution in [1.29, 1.82) is 0 Å². The smallest absolute Gasteiger partial charge is 0.308 e. The van der Waals surface area contributed by atoms with E-state index in [1.54, 1.807) is 26.0 Å². The first-order chi connectivity index (χ1) is 8.21. The second kappa shape index (κ2) is 5.26. The number of halogens is 4. The minimum atomic E-state index is -4.10. The fourth-order valence-corrected chi connectivity index (χ4v) is 2.30. The van der Waals surface area contributed by atoms with E-state index >= 15 is 0 Å². The lowest BCUT2D eigenvalue weighted by Crippen LogP contribution is -2.41. The highest BCUT2D eigenvalue weighted by Gasteiger charge is 2.49. The van der Waals surface area contributed by atoms with Crippen molar-refractivity contribution in [2.75, 3.05) is 7.05 Å². The van der Waals surface area contributed by atoms with E-state index in [4.69, 9.17) is 0 Å². The number of alkyl halides is 4. The molecule has 0 aliphatic rings. The average molecular weight is 263 g/mol.